The zero-order valence-corrected chi connectivity index (χ0v) is 14.1. The van der Waals surface area contributed by atoms with E-state index in [9.17, 15) is 0 Å². The minimum Gasteiger partial charge on any atom is -0.463 e. The highest BCUT2D eigenvalue weighted by Crippen LogP contribution is 2.22. The number of rotatable bonds is 5. The van der Waals surface area contributed by atoms with Gasteiger partial charge in [-0.3, -0.25) is 4.90 Å². The maximum atomic E-state index is 5.94. The third-order valence-electron chi connectivity index (χ3n) is 3.57. The van der Waals surface area contributed by atoms with Crippen LogP contribution in [0.3, 0.4) is 0 Å². The summed E-state index contributed by atoms with van der Waals surface area (Å²) in [7, 11) is 0. The lowest BCUT2D eigenvalue weighted by molar-refractivity contribution is 0.246. The van der Waals surface area contributed by atoms with Crippen molar-refractivity contribution >= 4 is 11.8 Å². The fourth-order valence-corrected chi connectivity index (χ4v) is 3.59. The molecule has 1 N–H and O–H groups in total. The van der Waals surface area contributed by atoms with Gasteiger partial charge in [-0.05, 0) is 39.3 Å². The van der Waals surface area contributed by atoms with Gasteiger partial charge in [-0.2, -0.15) is 11.8 Å². The molecule has 1 aliphatic rings. The summed E-state index contributed by atoms with van der Waals surface area (Å²) in [5, 5.41) is 4.25. The molecular weight excluding hydrogens is 268 g/mol. The summed E-state index contributed by atoms with van der Waals surface area (Å²) in [5.74, 6) is 3.38. The van der Waals surface area contributed by atoms with Gasteiger partial charge in [0, 0.05) is 29.6 Å². The van der Waals surface area contributed by atoms with Crippen molar-refractivity contribution in [2.24, 2.45) is 0 Å². The second-order valence-electron chi connectivity index (χ2n) is 6.61. The SMILES string of the molecule is CCC1CN(Cc2ccc(CNC(C)(C)C)o2)CCS1. The first-order chi connectivity index (χ1) is 9.46. The molecule has 0 saturated carbocycles. The molecule has 3 nitrogen and oxygen atoms in total. The molecule has 114 valence electrons. The predicted octanol–water partition coefficient (Wildman–Crippen LogP) is 3.50. The number of hydrogen-bond donors (Lipinski definition) is 1. The minimum atomic E-state index is 0.130. The Morgan fingerprint density at radius 1 is 1.35 bits per heavy atom. The van der Waals surface area contributed by atoms with Crippen LogP contribution >= 0.6 is 11.8 Å². The van der Waals surface area contributed by atoms with Crippen molar-refractivity contribution in [2.45, 2.75) is 58.0 Å². The van der Waals surface area contributed by atoms with E-state index >= 15 is 0 Å². The molecule has 1 aromatic heterocycles. The van der Waals surface area contributed by atoms with E-state index in [0.29, 0.717) is 0 Å². The molecule has 20 heavy (non-hydrogen) atoms. The molecular formula is C16H28N2OS. The minimum absolute atomic E-state index is 0.130. The maximum absolute atomic E-state index is 5.94. The van der Waals surface area contributed by atoms with Gasteiger partial charge in [-0.15, -0.1) is 0 Å². The second kappa shape index (κ2) is 7.01. The van der Waals surface area contributed by atoms with Crippen molar-refractivity contribution in [3.8, 4) is 0 Å². The van der Waals surface area contributed by atoms with Crippen molar-refractivity contribution in [2.75, 3.05) is 18.8 Å². The Labute approximate surface area is 127 Å². The highest BCUT2D eigenvalue weighted by atomic mass is 32.2. The Hall–Kier alpha value is -0.450. The lowest BCUT2D eigenvalue weighted by Gasteiger charge is -2.31. The van der Waals surface area contributed by atoms with Crippen molar-refractivity contribution in [3.05, 3.63) is 23.7 Å². The first-order valence-corrected chi connectivity index (χ1v) is 8.68. The predicted molar refractivity (Wildman–Crippen MR) is 87.1 cm³/mol. The number of nitrogens with zero attached hydrogens (tertiary/aromatic N) is 1. The Kier molecular flexibility index (Phi) is 5.58. The van der Waals surface area contributed by atoms with E-state index in [-0.39, 0.29) is 5.54 Å². The quantitative estimate of drug-likeness (QED) is 0.900. The van der Waals surface area contributed by atoms with Crippen LogP contribution in [0.1, 0.15) is 45.6 Å². The molecule has 0 bridgehead atoms. The number of furan rings is 1. The van der Waals surface area contributed by atoms with E-state index in [0.717, 1.165) is 29.9 Å². The first kappa shape index (κ1) is 15.9. The Balaban J connectivity index is 1.83. The monoisotopic (exact) mass is 296 g/mol. The topological polar surface area (TPSA) is 28.4 Å². The van der Waals surface area contributed by atoms with Crippen LogP contribution in [0.5, 0.6) is 0 Å². The molecule has 1 aliphatic heterocycles. The number of nitrogens with one attached hydrogen (secondary N) is 1. The van der Waals surface area contributed by atoms with Crippen molar-refractivity contribution in [3.63, 3.8) is 0 Å². The van der Waals surface area contributed by atoms with Gasteiger partial charge in [-0.25, -0.2) is 0 Å². The molecule has 1 aromatic rings. The van der Waals surface area contributed by atoms with Crippen LogP contribution in [0.4, 0.5) is 0 Å². The van der Waals surface area contributed by atoms with Gasteiger partial charge in [0.1, 0.15) is 11.5 Å². The largest absolute Gasteiger partial charge is 0.463 e. The van der Waals surface area contributed by atoms with E-state index in [2.05, 4.69) is 61.8 Å². The smallest absolute Gasteiger partial charge is 0.118 e. The molecule has 1 atom stereocenters. The highest BCUT2D eigenvalue weighted by Gasteiger charge is 2.20. The van der Waals surface area contributed by atoms with Gasteiger partial charge in [0.25, 0.3) is 0 Å². The van der Waals surface area contributed by atoms with Crippen LogP contribution in [0, 0.1) is 0 Å². The molecule has 2 heterocycles. The molecule has 0 spiro atoms. The zero-order valence-electron chi connectivity index (χ0n) is 13.2. The van der Waals surface area contributed by atoms with Gasteiger partial charge >= 0.3 is 0 Å². The summed E-state index contributed by atoms with van der Waals surface area (Å²) in [6.07, 6.45) is 1.26. The average molecular weight is 296 g/mol. The van der Waals surface area contributed by atoms with E-state index in [1.165, 1.54) is 25.3 Å². The summed E-state index contributed by atoms with van der Waals surface area (Å²) in [5.41, 5.74) is 0.130. The molecule has 1 saturated heterocycles. The molecule has 1 fully saturated rings. The lowest BCUT2D eigenvalue weighted by atomic mass is 10.1. The summed E-state index contributed by atoms with van der Waals surface area (Å²) < 4.78 is 5.94. The van der Waals surface area contributed by atoms with Crippen LogP contribution in [0.2, 0.25) is 0 Å². The normalized spacial score (nSPS) is 21.3. The van der Waals surface area contributed by atoms with Gasteiger partial charge in [-0.1, -0.05) is 6.92 Å². The third-order valence-corrected chi connectivity index (χ3v) is 4.94. The molecule has 2 rings (SSSR count). The Morgan fingerprint density at radius 2 is 2.10 bits per heavy atom. The summed E-state index contributed by atoms with van der Waals surface area (Å²) >= 11 is 2.11. The molecule has 0 aromatic carbocycles. The Bertz CT molecular complexity index is 411. The third kappa shape index (κ3) is 5.15. The van der Waals surface area contributed by atoms with Gasteiger partial charge in [0.2, 0.25) is 0 Å². The fourth-order valence-electron chi connectivity index (χ4n) is 2.35. The number of thioether (sulfide) groups is 1. The lowest BCUT2D eigenvalue weighted by Crippen LogP contribution is -2.36. The highest BCUT2D eigenvalue weighted by molar-refractivity contribution is 8.00. The molecule has 1 unspecified atom stereocenters. The van der Waals surface area contributed by atoms with E-state index in [4.69, 9.17) is 4.42 Å². The second-order valence-corrected chi connectivity index (χ2v) is 8.02. The maximum Gasteiger partial charge on any atom is 0.118 e. The fraction of sp³-hybridized carbons (Fsp3) is 0.750. The van der Waals surface area contributed by atoms with Gasteiger partial charge in [0.15, 0.2) is 0 Å². The standard InChI is InChI=1S/C16H28N2OS/c1-5-15-12-18(8-9-20-15)11-14-7-6-13(19-14)10-17-16(2,3)4/h6-7,15,17H,5,8-12H2,1-4H3. The zero-order chi connectivity index (χ0) is 14.6. The Morgan fingerprint density at radius 3 is 2.80 bits per heavy atom. The van der Waals surface area contributed by atoms with Crippen LogP contribution in [0.25, 0.3) is 0 Å². The number of hydrogen-bond acceptors (Lipinski definition) is 4. The van der Waals surface area contributed by atoms with E-state index in [1.807, 2.05) is 0 Å². The molecule has 0 radical (unpaired) electrons. The van der Waals surface area contributed by atoms with Crippen molar-refractivity contribution < 1.29 is 4.42 Å². The summed E-state index contributed by atoms with van der Waals surface area (Å²) in [6, 6.07) is 4.23. The average Bonchev–Trinajstić information content (AvgIpc) is 2.83. The first-order valence-electron chi connectivity index (χ1n) is 7.63. The summed E-state index contributed by atoms with van der Waals surface area (Å²) in [4.78, 5) is 2.52. The van der Waals surface area contributed by atoms with E-state index in [1.54, 1.807) is 0 Å². The van der Waals surface area contributed by atoms with Gasteiger partial charge in [0.05, 0.1) is 13.1 Å². The van der Waals surface area contributed by atoms with E-state index < -0.39 is 0 Å². The summed E-state index contributed by atoms with van der Waals surface area (Å²) in [6.45, 7) is 12.9. The van der Waals surface area contributed by atoms with Crippen molar-refractivity contribution in [1.29, 1.82) is 0 Å². The van der Waals surface area contributed by atoms with Gasteiger partial charge < -0.3 is 9.73 Å². The van der Waals surface area contributed by atoms with Crippen LogP contribution in [-0.2, 0) is 13.1 Å². The van der Waals surface area contributed by atoms with Crippen molar-refractivity contribution in [1.82, 2.24) is 10.2 Å². The molecule has 0 amide bonds. The molecule has 4 heteroatoms. The van der Waals surface area contributed by atoms with Crippen LogP contribution < -0.4 is 5.32 Å². The van der Waals surface area contributed by atoms with Crippen LogP contribution in [-0.4, -0.2) is 34.5 Å². The van der Waals surface area contributed by atoms with Crippen LogP contribution in [0.15, 0.2) is 16.5 Å². The molecule has 0 aliphatic carbocycles.